The molecule has 0 aliphatic rings. The fraction of sp³-hybridized carbons (Fsp3) is 0.150. The average molecular weight is 461 g/mol. The van der Waals surface area contributed by atoms with E-state index >= 15 is 0 Å². The van der Waals surface area contributed by atoms with Crippen LogP contribution in [0.1, 0.15) is 5.56 Å². The van der Waals surface area contributed by atoms with Crippen LogP contribution in [-0.2, 0) is 11.3 Å². The number of nitrogens with one attached hydrogen (secondary N) is 1. The van der Waals surface area contributed by atoms with E-state index in [4.69, 9.17) is 0 Å². The Bertz CT molecular complexity index is 1000. The number of anilines is 1. The summed E-state index contributed by atoms with van der Waals surface area (Å²) in [4.78, 5) is 12.3. The van der Waals surface area contributed by atoms with Crippen molar-refractivity contribution in [2.75, 3.05) is 11.1 Å². The molecule has 0 aliphatic heterocycles. The lowest BCUT2D eigenvalue weighted by molar-refractivity contribution is -0.113. The first-order valence-electron chi connectivity index (χ1n) is 8.46. The molecule has 1 amide bonds. The van der Waals surface area contributed by atoms with Crippen LogP contribution in [-0.4, -0.2) is 26.4 Å². The number of nitrogens with zero attached hydrogens (tertiary/aromatic N) is 3. The molecule has 0 aliphatic carbocycles. The maximum Gasteiger partial charge on any atom is 0.234 e. The molecule has 5 nitrogen and oxygen atoms in total. The van der Waals surface area contributed by atoms with E-state index < -0.39 is 0 Å². The average Bonchev–Trinajstić information content (AvgIpc) is 3.07. The van der Waals surface area contributed by atoms with E-state index in [-0.39, 0.29) is 17.5 Å². The minimum atomic E-state index is -0.312. The van der Waals surface area contributed by atoms with Crippen molar-refractivity contribution in [3.63, 3.8) is 0 Å². The normalized spacial score (nSPS) is 10.7. The third-order valence-electron chi connectivity index (χ3n) is 3.90. The van der Waals surface area contributed by atoms with Gasteiger partial charge >= 0.3 is 0 Å². The Morgan fingerprint density at radius 2 is 2.04 bits per heavy atom. The van der Waals surface area contributed by atoms with Gasteiger partial charge in [0.2, 0.25) is 5.91 Å². The number of aryl methyl sites for hydroxylation is 1. The lowest BCUT2D eigenvalue weighted by Gasteiger charge is -2.09. The molecule has 0 unspecified atom stereocenters. The number of thioether (sulfide) groups is 1. The second-order valence-corrected chi connectivity index (χ2v) is 7.81. The molecule has 1 N–H and O–H groups in total. The molecule has 3 aromatic rings. The number of carbonyl (C=O) groups is 1. The lowest BCUT2D eigenvalue weighted by Crippen LogP contribution is -2.14. The van der Waals surface area contributed by atoms with Crippen LogP contribution in [0.2, 0.25) is 0 Å². The van der Waals surface area contributed by atoms with Gasteiger partial charge in [-0.25, -0.2) is 4.39 Å². The summed E-state index contributed by atoms with van der Waals surface area (Å²) in [7, 11) is 0. The van der Waals surface area contributed by atoms with E-state index in [0.717, 1.165) is 21.3 Å². The van der Waals surface area contributed by atoms with Gasteiger partial charge in [-0.15, -0.1) is 16.8 Å². The van der Waals surface area contributed by atoms with Crippen LogP contribution in [0.4, 0.5) is 10.1 Å². The molecular formula is C20H18BrFN4OS. The molecule has 0 fully saturated rings. The van der Waals surface area contributed by atoms with E-state index in [1.807, 2.05) is 29.7 Å². The Labute approximate surface area is 175 Å². The molecule has 0 saturated carbocycles. The number of halogens is 2. The van der Waals surface area contributed by atoms with Crippen molar-refractivity contribution in [3.8, 4) is 11.4 Å². The van der Waals surface area contributed by atoms with Crippen LogP contribution in [0.15, 0.2) is 64.7 Å². The second kappa shape index (κ2) is 9.16. The van der Waals surface area contributed by atoms with Gasteiger partial charge in [-0.05, 0) is 55.0 Å². The molecule has 28 heavy (non-hydrogen) atoms. The maximum absolute atomic E-state index is 13.2. The van der Waals surface area contributed by atoms with Crippen LogP contribution >= 0.6 is 27.7 Å². The third-order valence-corrected chi connectivity index (χ3v) is 5.76. The zero-order valence-corrected chi connectivity index (χ0v) is 17.6. The highest BCUT2D eigenvalue weighted by Gasteiger charge is 2.15. The Hall–Kier alpha value is -2.45. The fourth-order valence-electron chi connectivity index (χ4n) is 2.55. The van der Waals surface area contributed by atoms with Gasteiger partial charge in [0.25, 0.3) is 0 Å². The highest BCUT2D eigenvalue weighted by molar-refractivity contribution is 9.10. The Balaban J connectivity index is 1.71. The molecule has 1 heterocycles. The zero-order valence-electron chi connectivity index (χ0n) is 15.2. The highest BCUT2D eigenvalue weighted by atomic mass is 79.9. The van der Waals surface area contributed by atoms with Crippen molar-refractivity contribution in [1.82, 2.24) is 14.8 Å². The van der Waals surface area contributed by atoms with Gasteiger partial charge < -0.3 is 5.32 Å². The smallest absolute Gasteiger partial charge is 0.234 e. The van der Waals surface area contributed by atoms with Crippen molar-refractivity contribution >= 4 is 39.3 Å². The van der Waals surface area contributed by atoms with Gasteiger partial charge in [0.1, 0.15) is 5.82 Å². The first-order chi connectivity index (χ1) is 13.5. The van der Waals surface area contributed by atoms with E-state index in [2.05, 4.69) is 38.0 Å². The lowest BCUT2D eigenvalue weighted by atomic mass is 10.2. The molecule has 0 radical (unpaired) electrons. The van der Waals surface area contributed by atoms with Gasteiger partial charge in [-0.3, -0.25) is 9.36 Å². The van der Waals surface area contributed by atoms with Crippen LogP contribution in [0.3, 0.4) is 0 Å². The molecule has 0 atom stereocenters. The number of rotatable bonds is 7. The minimum Gasteiger partial charge on any atom is -0.325 e. The molecule has 0 spiro atoms. The summed E-state index contributed by atoms with van der Waals surface area (Å²) in [6, 6.07) is 11.7. The molecule has 144 valence electrons. The fourth-order valence-corrected chi connectivity index (χ4v) is 3.55. The van der Waals surface area contributed by atoms with Gasteiger partial charge in [-0.1, -0.05) is 33.8 Å². The number of aromatic nitrogens is 3. The summed E-state index contributed by atoms with van der Waals surface area (Å²) in [5, 5.41) is 11.9. The van der Waals surface area contributed by atoms with E-state index in [1.165, 1.54) is 23.9 Å². The monoisotopic (exact) mass is 460 g/mol. The zero-order chi connectivity index (χ0) is 20.1. The molecule has 1 aromatic heterocycles. The van der Waals surface area contributed by atoms with E-state index in [9.17, 15) is 9.18 Å². The van der Waals surface area contributed by atoms with Crippen LogP contribution in [0.5, 0.6) is 0 Å². The summed E-state index contributed by atoms with van der Waals surface area (Å²) in [5.41, 5.74) is 2.53. The Morgan fingerprint density at radius 3 is 2.71 bits per heavy atom. The van der Waals surface area contributed by atoms with Gasteiger partial charge in [0.15, 0.2) is 11.0 Å². The molecule has 8 heteroatoms. The summed E-state index contributed by atoms with van der Waals surface area (Å²) < 4.78 is 16.0. The largest absolute Gasteiger partial charge is 0.325 e. The maximum atomic E-state index is 13.2. The molecule has 3 rings (SSSR count). The van der Waals surface area contributed by atoms with Gasteiger partial charge in [-0.2, -0.15) is 0 Å². The van der Waals surface area contributed by atoms with Crippen molar-refractivity contribution in [2.45, 2.75) is 18.6 Å². The standard InChI is InChI=1S/C20H18BrFN4OS/c1-3-10-26-19(14-4-6-15(22)7-5-14)24-25-20(26)28-12-18(27)23-16-8-9-17(21)13(2)11-16/h3-9,11H,1,10,12H2,2H3,(H,23,27). The summed E-state index contributed by atoms with van der Waals surface area (Å²) >= 11 is 4.73. The molecule has 0 saturated heterocycles. The minimum absolute atomic E-state index is 0.136. The topological polar surface area (TPSA) is 59.8 Å². The Morgan fingerprint density at radius 1 is 1.29 bits per heavy atom. The highest BCUT2D eigenvalue weighted by Crippen LogP contribution is 2.25. The summed E-state index contributed by atoms with van der Waals surface area (Å²) in [6.45, 7) is 6.21. The van der Waals surface area contributed by atoms with Crippen molar-refractivity contribution in [3.05, 3.63) is 71.0 Å². The second-order valence-electron chi connectivity index (χ2n) is 6.01. The number of hydrogen-bond acceptors (Lipinski definition) is 4. The predicted octanol–water partition coefficient (Wildman–Crippen LogP) is 5.07. The van der Waals surface area contributed by atoms with Gasteiger partial charge in [0, 0.05) is 22.3 Å². The number of allylic oxidation sites excluding steroid dienone is 1. The number of carbonyl (C=O) groups excluding carboxylic acids is 1. The van der Waals surface area contributed by atoms with Crippen molar-refractivity contribution in [1.29, 1.82) is 0 Å². The van der Waals surface area contributed by atoms with Gasteiger partial charge in [0.05, 0.1) is 5.75 Å². The molecular weight excluding hydrogens is 443 g/mol. The number of amides is 1. The van der Waals surface area contributed by atoms with Crippen LogP contribution < -0.4 is 5.32 Å². The SMILES string of the molecule is C=CCn1c(SCC(=O)Nc2ccc(Br)c(C)c2)nnc1-c1ccc(F)cc1. The first-order valence-corrected chi connectivity index (χ1v) is 10.2. The summed E-state index contributed by atoms with van der Waals surface area (Å²) in [5.74, 6) is 0.343. The van der Waals surface area contributed by atoms with Crippen LogP contribution in [0.25, 0.3) is 11.4 Å². The predicted molar refractivity (Wildman–Crippen MR) is 114 cm³/mol. The van der Waals surface area contributed by atoms with Crippen molar-refractivity contribution < 1.29 is 9.18 Å². The van der Waals surface area contributed by atoms with Crippen molar-refractivity contribution in [2.24, 2.45) is 0 Å². The number of hydrogen-bond donors (Lipinski definition) is 1. The van der Waals surface area contributed by atoms with Crippen LogP contribution in [0, 0.1) is 12.7 Å². The van der Waals surface area contributed by atoms with E-state index in [1.54, 1.807) is 18.2 Å². The molecule has 2 aromatic carbocycles. The third kappa shape index (κ3) is 4.88. The quantitative estimate of drug-likeness (QED) is 0.394. The molecule has 0 bridgehead atoms. The van der Waals surface area contributed by atoms with E-state index in [0.29, 0.717) is 17.5 Å². The Kier molecular flexibility index (Phi) is 6.64. The summed E-state index contributed by atoms with van der Waals surface area (Å²) in [6.07, 6.45) is 1.73. The number of benzene rings is 2. The first kappa shape index (κ1) is 20.3.